The van der Waals surface area contributed by atoms with Gasteiger partial charge in [-0.3, -0.25) is 0 Å². The van der Waals surface area contributed by atoms with Gasteiger partial charge in [-0.05, 0) is 26.0 Å². The average Bonchev–Trinajstić information content (AvgIpc) is 1.99. The molecule has 0 saturated carbocycles. The SMILES string of the molecule is CCC/C=C\C/C(C)=C\NC. The van der Waals surface area contributed by atoms with E-state index in [1.165, 1.54) is 18.4 Å². The van der Waals surface area contributed by atoms with Gasteiger partial charge in [-0.15, -0.1) is 0 Å². The van der Waals surface area contributed by atoms with E-state index in [0.29, 0.717) is 0 Å². The Balaban J connectivity index is 3.44. The number of unbranched alkanes of at least 4 members (excludes halogenated alkanes) is 1. The molecule has 0 heterocycles. The van der Waals surface area contributed by atoms with Gasteiger partial charge in [-0.2, -0.15) is 0 Å². The summed E-state index contributed by atoms with van der Waals surface area (Å²) in [6.45, 7) is 4.33. The summed E-state index contributed by atoms with van der Waals surface area (Å²) in [6, 6.07) is 0. The molecular formula is C10H19N. The van der Waals surface area contributed by atoms with Gasteiger partial charge in [0.1, 0.15) is 0 Å². The van der Waals surface area contributed by atoms with E-state index in [9.17, 15) is 0 Å². The summed E-state index contributed by atoms with van der Waals surface area (Å²) in [5.74, 6) is 0. The minimum absolute atomic E-state index is 1.07. The molecule has 0 saturated heterocycles. The van der Waals surface area contributed by atoms with E-state index in [1.54, 1.807) is 0 Å². The van der Waals surface area contributed by atoms with Gasteiger partial charge in [0.2, 0.25) is 0 Å². The van der Waals surface area contributed by atoms with E-state index in [0.717, 1.165) is 6.42 Å². The Bertz CT molecular complexity index is 134. The van der Waals surface area contributed by atoms with Crippen LogP contribution >= 0.6 is 0 Å². The minimum Gasteiger partial charge on any atom is -0.394 e. The molecule has 0 aliphatic carbocycles. The lowest BCUT2D eigenvalue weighted by Gasteiger charge is -1.94. The van der Waals surface area contributed by atoms with Crippen LogP contribution in [0.3, 0.4) is 0 Å². The van der Waals surface area contributed by atoms with Crippen molar-refractivity contribution in [2.24, 2.45) is 0 Å². The number of rotatable bonds is 5. The largest absolute Gasteiger partial charge is 0.394 e. The van der Waals surface area contributed by atoms with Crippen molar-refractivity contribution in [3.63, 3.8) is 0 Å². The Morgan fingerprint density at radius 3 is 2.64 bits per heavy atom. The van der Waals surface area contributed by atoms with Crippen LogP contribution in [0.25, 0.3) is 0 Å². The molecule has 0 aromatic heterocycles. The second-order valence-electron chi connectivity index (χ2n) is 2.74. The zero-order valence-corrected chi connectivity index (χ0v) is 7.85. The van der Waals surface area contributed by atoms with Crippen molar-refractivity contribution >= 4 is 0 Å². The van der Waals surface area contributed by atoms with Crippen molar-refractivity contribution in [3.05, 3.63) is 23.9 Å². The van der Waals surface area contributed by atoms with Gasteiger partial charge >= 0.3 is 0 Å². The van der Waals surface area contributed by atoms with Crippen LogP contribution in [0.2, 0.25) is 0 Å². The van der Waals surface area contributed by atoms with Crippen LogP contribution in [0.1, 0.15) is 33.1 Å². The standard InChI is InChI=1S/C10H19N/c1-4-5-6-7-8-10(2)9-11-3/h6-7,9,11H,4-5,8H2,1-3H3/b7-6-,10-9-. The van der Waals surface area contributed by atoms with Gasteiger partial charge in [0.05, 0.1) is 0 Å². The highest BCUT2D eigenvalue weighted by Crippen LogP contribution is 2.00. The molecule has 0 aliphatic heterocycles. The predicted molar refractivity (Wildman–Crippen MR) is 51.5 cm³/mol. The van der Waals surface area contributed by atoms with Crippen LogP contribution in [0.5, 0.6) is 0 Å². The van der Waals surface area contributed by atoms with Crippen LogP contribution < -0.4 is 5.32 Å². The fourth-order valence-corrected chi connectivity index (χ4v) is 0.859. The van der Waals surface area contributed by atoms with Crippen LogP contribution in [-0.4, -0.2) is 7.05 Å². The zero-order chi connectivity index (χ0) is 8.53. The van der Waals surface area contributed by atoms with E-state index in [4.69, 9.17) is 0 Å². The molecule has 0 spiro atoms. The zero-order valence-electron chi connectivity index (χ0n) is 7.85. The second kappa shape index (κ2) is 7.39. The summed E-state index contributed by atoms with van der Waals surface area (Å²) in [5.41, 5.74) is 1.37. The van der Waals surface area contributed by atoms with Gasteiger partial charge < -0.3 is 5.32 Å². The normalized spacial score (nSPS) is 12.5. The highest BCUT2D eigenvalue weighted by molar-refractivity contribution is 5.02. The fourth-order valence-electron chi connectivity index (χ4n) is 0.859. The number of hydrogen-bond acceptors (Lipinski definition) is 1. The van der Waals surface area contributed by atoms with Crippen LogP contribution in [-0.2, 0) is 0 Å². The van der Waals surface area contributed by atoms with E-state index in [1.807, 2.05) is 13.2 Å². The van der Waals surface area contributed by atoms with E-state index >= 15 is 0 Å². The van der Waals surface area contributed by atoms with Gasteiger partial charge in [0, 0.05) is 7.05 Å². The van der Waals surface area contributed by atoms with Gasteiger partial charge in [0.25, 0.3) is 0 Å². The Morgan fingerprint density at radius 1 is 1.36 bits per heavy atom. The van der Waals surface area contributed by atoms with Crippen molar-refractivity contribution in [1.82, 2.24) is 5.32 Å². The molecule has 1 N–H and O–H groups in total. The molecule has 1 heteroatoms. The maximum Gasteiger partial charge on any atom is 0.00276 e. The molecule has 0 aromatic rings. The van der Waals surface area contributed by atoms with Crippen molar-refractivity contribution in [2.45, 2.75) is 33.1 Å². The van der Waals surface area contributed by atoms with Crippen molar-refractivity contribution in [2.75, 3.05) is 7.05 Å². The number of nitrogens with one attached hydrogen (secondary N) is 1. The smallest absolute Gasteiger partial charge is 0.00276 e. The Labute approximate surface area is 70.2 Å². The quantitative estimate of drug-likeness (QED) is 0.599. The summed E-state index contributed by atoms with van der Waals surface area (Å²) in [6.07, 6.45) is 10.0. The number of hydrogen-bond donors (Lipinski definition) is 1. The second-order valence-corrected chi connectivity index (χ2v) is 2.74. The van der Waals surface area contributed by atoms with E-state index < -0.39 is 0 Å². The van der Waals surface area contributed by atoms with Crippen LogP contribution in [0, 0.1) is 0 Å². The Hall–Kier alpha value is -0.720. The maximum absolute atomic E-state index is 3.01. The van der Waals surface area contributed by atoms with Gasteiger partial charge in [0.15, 0.2) is 0 Å². The van der Waals surface area contributed by atoms with Gasteiger partial charge in [-0.25, -0.2) is 0 Å². The highest BCUT2D eigenvalue weighted by Gasteiger charge is 1.82. The van der Waals surface area contributed by atoms with Crippen molar-refractivity contribution in [3.8, 4) is 0 Å². The summed E-state index contributed by atoms with van der Waals surface area (Å²) in [5, 5.41) is 3.01. The third-order valence-corrected chi connectivity index (χ3v) is 1.45. The van der Waals surface area contributed by atoms with Crippen LogP contribution in [0.4, 0.5) is 0 Å². The Kier molecular flexibility index (Phi) is 6.90. The van der Waals surface area contributed by atoms with E-state index in [2.05, 4.69) is 31.3 Å². The lowest BCUT2D eigenvalue weighted by atomic mass is 10.2. The maximum atomic E-state index is 3.01. The first kappa shape index (κ1) is 10.3. The summed E-state index contributed by atoms with van der Waals surface area (Å²) >= 11 is 0. The van der Waals surface area contributed by atoms with E-state index in [-0.39, 0.29) is 0 Å². The molecule has 0 radical (unpaired) electrons. The highest BCUT2D eigenvalue weighted by atomic mass is 14.8. The van der Waals surface area contributed by atoms with Gasteiger partial charge in [-0.1, -0.05) is 31.1 Å². The molecule has 0 amide bonds. The van der Waals surface area contributed by atoms with Crippen molar-refractivity contribution < 1.29 is 0 Å². The molecule has 0 atom stereocenters. The number of allylic oxidation sites excluding steroid dienone is 3. The fraction of sp³-hybridized carbons (Fsp3) is 0.600. The molecule has 0 unspecified atom stereocenters. The molecule has 11 heavy (non-hydrogen) atoms. The monoisotopic (exact) mass is 153 g/mol. The summed E-state index contributed by atoms with van der Waals surface area (Å²) in [4.78, 5) is 0. The summed E-state index contributed by atoms with van der Waals surface area (Å²) in [7, 11) is 1.93. The molecule has 0 fully saturated rings. The average molecular weight is 153 g/mol. The molecular weight excluding hydrogens is 134 g/mol. The lowest BCUT2D eigenvalue weighted by Crippen LogP contribution is -1.93. The lowest BCUT2D eigenvalue weighted by molar-refractivity contribution is 0.951. The molecule has 1 nitrogen and oxygen atoms in total. The minimum atomic E-state index is 1.07. The first-order valence-corrected chi connectivity index (χ1v) is 4.29. The molecule has 0 rings (SSSR count). The first-order chi connectivity index (χ1) is 5.31. The topological polar surface area (TPSA) is 12.0 Å². The third-order valence-electron chi connectivity index (χ3n) is 1.45. The predicted octanol–water partition coefficient (Wildman–Crippen LogP) is 2.86. The Morgan fingerprint density at radius 2 is 2.09 bits per heavy atom. The molecule has 0 bridgehead atoms. The first-order valence-electron chi connectivity index (χ1n) is 4.29. The molecule has 0 aliphatic rings. The molecule has 64 valence electrons. The summed E-state index contributed by atoms with van der Waals surface area (Å²) < 4.78 is 0. The van der Waals surface area contributed by atoms with Crippen molar-refractivity contribution in [1.29, 1.82) is 0 Å². The van der Waals surface area contributed by atoms with Crippen LogP contribution in [0.15, 0.2) is 23.9 Å². The third kappa shape index (κ3) is 7.17. The molecule has 0 aromatic carbocycles.